The van der Waals surface area contributed by atoms with Gasteiger partial charge < -0.3 is 20.3 Å². The minimum atomic E-state index is -0.362. The molecule has 8 nitrogen and oxygen atoms in total. The maximum absolute atomic E-state index is 11.8. The van der Waals surface area contributed by atoms with E-state index in [1.807, 2.05) is 0 Å². The van der Waals surface area contributed by atoms with Gasteiger partial charge in [0.2, 0.25) is 0 Å². The summed E-state index contributed by atoms with van der Waals surface area (Å²) in [6.45, 7) is 6.90. The van der Waals surface area contributed by atoms with Gasteiger partial charge in [-0.05, 0) is 6.07 Å². The molecule has 1 fully saturated rings. The molecule has 2 N–H and O–H groups in total. The van der Waals surface area contributed by atoms with E-state index in [9.17, 15) is 9.59 Å². The van der Waals surface area contributed by atoms with Crippen LogP contribution in [-0.2, 0) is 11.8 Å². The van der Waals surface area contributed by atoms with Gasteiger partial charge in [0.25, 0.3) is 5.56 Å². The fourth-order valence-corrected chi connectivity index (χ4v) is 2.58. The average molecular weight is 337 g/mol. The zero-order valence-corrected chi connectivity index (χ0v) is 14.6. The Balaban J connectivity index is 1.71. The van der Waals surface area contributed by atoms with Gasteiger partial charge in [-0.15, -0.1) is 0 Å². The number of hydrogen-bond donors (Lipinski definition) is 2. The number of aryl methyl sites for hydroxylation is 1. The van der Waals surface area contributed by atoms with Gasteiger partial charge in [-0.2, -0.15) is 5.10 Å². The van der Waals surface area contributed by atoms with Crippen LogP contribution in [0.25, 0.3) is 0 Å². The third kappa shape index (κ3) is 5.52. The molecule has 1 aromatic rings. The summed E-state index contributed by atoms with van der Waals surface area (Å²) in [7, 11) is 1.64. The lowest BCUT2D eigenvalue weighted by molar-refractivity contribution is 0.0832. The number of anilines is 1. The van der Waals surface area contributed by atoms with Crippen LogP contribution in [0, 0.1) is 0 Å². The third-order valence-corrected chi connectivity index (χ3v) is 3.93. The van der Waals surface area contributed by atoms with Crippen molar-refractivity contribution < 1.29 is 9.53 Å². The zero-order chi connectivity index (χ0) is 17.5. The second-order valence-electron chi connectivity index (χ2n) is 6.28. The van der Waals surface area contributed by atoms with Crippen LogP contribution in [-0.4, -0.2) is 54.2 Å². The number of amides is 1. The lowest BCUT2D eigenvalue weighted by atomic mass is 10.1. The molecule has 1 amide bonds. The van der Waals surface area contributed by atoms with E-state index in [-0.39, 0.29) is 17.8 Å². The van der Waals surface area contributed by atoms with Gasteiger partial charge in [-0.25, -0.2) is 9.48 Å². The second kappa shape index (κ2) is 8.68. The van der Waals surface area contributed by atoms with Gasteiger partial charge in [0.05, 0.1) is 0 Å². The van der Waals surface area contributed by atoms with E-state index in [1.165, 1.54) is 10.7 Å². The molecule has 24 heavy (non-hydrogen) atoms. The fourth-order valence-electron chi connectivity index (χ4n) is 2.58. The lowest BCUT2D eigenvalue weighted by Crippen LogP contribution is -2.41. The van der Waals surface area contributed by atoms with Gasteiger partial charge in [-0.3, -0.25) is 4.79 Å². The van der Waals surface area contributed by atoms with Gasteiger partial charge >= 0.3 is 6.09 Å². The third-order valence-electron chi connectivity index (χ3n) is 3.93. The molecule has 134 valence electrons. The number of aromatic nitrogens is 2. The van der Waals surface area contributed by atoms with Crippen LogP contribution >= 0.6 is 0 Å². The highest BCUT2D eigenvalue weighted by atomic mass is 16.6. The highest BCUT2D eigenvalue weighted by molar-refractivity contribution is 5.67. The summed E-state index contributed by atoms with van der Waals surface area (Å²) in [6, 6.07) is 3.65. The summed E-state index contributed by atoms with van der Waals surface area (Å²) in [5.74, 6) is 0.778. The average Bonchev–Trinajstić information content (AvgIpc) is 2.55. The molecule has 1 aliphatic heterocycles. The van der Waals surface area contributed by atoms with Crippen molar-refractivity contribution in [2.24, 2.45) is 7.05 Å². The van der Waals surface area contributed by atoms with Gasteiger partial charge in [0, 0.05) is 58.2 Å². The summed E-state index contributed by atoms with van der Waals surface area (Å²) >= 11 is 0. The Morgan fingerprint density at radius 3 is 2.67 bits per heavy atom. The molecule has 0 saturated carbocycles. The SMILES string of the molecule is CC(C)NCCNC(=O)OC1CCN(c2ccc(=O)n(C)n2)CC1. The quantitative estimate of drug-likeness (QED) is 0.734. The van der Waals surface area contributed by atoms with Crippen molar-refractivity contribution in [2.75, 3.05) is 31.1 Å². The van der Waals surface area contributed by atoms with Crippen LogP contribution in [0.3, 0.4) is 0 Å². The Hall–Kier alpha value is -2.09. The summed E-state index contributed by atoms with van der Waals surface area (Å²) in [4.78, 5) is 25.3. The number of nitrogens with one attached hydrogen (secondary N) is 2. The van der Waals surface area contributed by atoms with Crippen LogP contribution in [0.5, 0.6) is 0 Å². The van der Waals surface area contributed by atoms with Crippen LogP contribution in [0.15, 0.2) is 16.9 Å². The molecule has 0 atom stereocenters. The van der Waals surface area contributed by atoms with Crippen molar-refractivity contribution >= 4 is 11.9 Å². The smallest absolute Gasteiger partial charge is 0.407 e. The number of carbonyl (C=O) groups excluding carboxylic acids is 1. The predicted molar refractivity (Wildman–Crippen MR) is 92.3 cm³/mol. The predicted octanol–water partition coefficient (Wildman–Crippen LogP) is 0.473. The first kappa shape index (κ1) is 18.3. The highest BCUT2D eigenvalue weighted by Gasteiger charge is 2.23. The molecule has 2 heterocycles. The highest BCUT2D eigenvalue weighted by Crippen LogP contribution is 2.18. The summed E-state index contributed by atoms with van der Waals surface area (Å²) < 4.78 is 6.78. The molecule has 0 unspecified atom stereocenters. The Morgan fingerprint density at radius 1 is 1.33 bits per heavy atom. The normalized spacial score (nSPS) is 15.6. The summed E-state index contributed by atoms with van der Waals surface area (Å²) in [5, 5.41) is 10.2. The minimum absolute atomic E-state index is 0.0770. The monoisotopic (exact) mass is 337 g/mol. The molecule has 0 aromatic carbocycles. The molecule has 0 spiro atoms. The molecule has 1 aliphatic rings. The van der Waals surface area contributed by atoms with Gasteiger partial charge in [-0.1, -0.05) is 13.8 Å². The largest absolute Gasteiger partial charge is 0.446 e. The van der Waals surface area contributed by atoms with E-state index >= 15 is 0 Å². The van der Waals surface area contributed by atoms with Crippen LogP contribution in [0.1, 0.15) is 26.7 Å². The lowest BCUT2D eigenvalue weighted by Gasteiger charge is -2.32. The maximum atomic E-state index is 11.8. The Kier molecular flexibility index (Phi) is 6.60. The van der Waals surface area contributed by atoms with Crippen LogP contribution < -0.4 is 21.1 Å². The summed E-state index contributed by atoms with van der Waals surface area (Å²) in [5.41, 5.74) is -0.124. The number of carbonyl (C=O) groups is 1. The van der Waals surface area contributed by atoms with Crippen molar-refractivity contribution in [3.63, 3.8) is 0 Å². The standard InChI is InChI=1S/C16H27N5O3/c1-12(2)17-8-9-18-16(23)24-13-6-10-21(11-7-13)14-4-5-15(22)20(3)19-14/h4-5,12-13,17H,6-11H2,1-3H3,(H,18,23). The van der Waals surface area contributed by atoms with Crippen molar-refractivity contribution in [2.45, 2.75) is 38.8 Å². The van der Waals surface area contributed by atoms with Crippen LogP contribution in [0.2, 0.25) is 0 Å². The molecule has 1 aromatic heterocycles. The number of alkyl carbamates (subject to hydrolysis) is 1. The van der Waals surface area contributed by atoms with Crippen molar-refractivity contribution in [3.05, 3.63) is 22.5 Å². The topological polar surface area (TPSA) is 88.5 Å². The molecular formula is C16H27N5O3. The molecular weight excluding hydrogens is 310 g/mol. The second-order valence-corrected chi connectivity index (χ2v) is 6.28. The zero-order valence-electron chi connectivity index (χ0n) is 14.6. The number of piperidine rings is 1. The Bertz CT molecular complexity index is 594. The van der Waals surface area contributed by atoms with E-state index in [0.717, 1.165) is 38.3 Å². The maximum Gasteiger partial charge on any atom is 0.407 e. The number of ether oxygens (including phenoxy) is 1. The number of nitrogens with zero attached hydrogens (tertiary/aromatic N) is 3. The summed E-state index contributed by atoms with van der Waals surface area (Å²) in [6.07, 6.45) is 1.07. The van der Waals surface area contributed by atoms with Crippen LogP contribution in [0.4, 0.5) is 10.6 Å². The van der Waals surface area contributed by atoms with Crippen molar-refractivity contribution in [3.8, 4) is 0 Å². The first-order valence-electron chi connectivity index (χ1n) is 8.43. The molecule has 0 aliphatic carbocycles. The first-order chi connectivity index (χ1) is 11.5. The van der Waals surface area contributed by atoms with Crippen molar-refractivity contribution in [1.82, 2.24) is 20.4 Å². The first-order valence-corrected chi connectivity index (χ1v) is 8.43. The minimum Gasteiger partial charge on any atom is -0.446 e. The number of hydrogen-bond acceptors (Lipinski definition) is 6. The molecule has 0 bridgehead atoms. The molecule has 8 heteroatoms. The van der Waals surface area contributed by atoms with Gasteiger partial charge in [0.1, 0.15) is 11.9 Å². The van der Waals surface area contributed by atoms with E-state index in [0.29, 0.717) is 12.6 Å². The number of rotatable bonds is 6. The van der Waals surface area contributed by atoms with E-state index in [4.69, 9.17) is 4.74 Å². The Morgan fingerprint density at radius 2 is 2.04 bits per heavy atom. The molecule has 1 saturated heterocycles. The van der Waals surface area contributed by atoms with Gasteiger partial charge in [0.15, 0.2) is 0 Å². The van der Waals surface area contributed by atoms with E-state index in [2.05, 4.69) is 34.5 Å². The Labute approximate surface area is 142 Å². The molecule has 2 rings (SSSR count). The molecule has 0 radical (unpaired) electrons. The van der Waals surface area contributed by atoms with E-state index in [1.54, 1.807) is 13.1 Å². The van der Waals surface area contributed by atoms with E-state index < -0.39 is 0 Å². The van der Waals surface area contributed by atoms with Crippen molar-refractivity contribution in [1.29, 1.82) is 0 Å². The fraction of sp³-hybridized carbons (Fsp3) is 0.688.